The van der Waals surface area contributed by atoms with Crippen molar-refractivity contribution in [1.82, 2.24) is 15.5 Å². The Kier molecular flexibility index (Phi) is 13.1. The first-order valence-corrected chi connectivity index (χ1v) is 13.1. The van der Waals surface area contributed by atoms with Gasteiger partial charge in [0.25, 0.3) is 0 Å². The quantitative estimate of drug-likeness (QED) is 0.297. The van der Waals surface area contributed by atoms with E-state index < -0.39 is 35.7 Å². The summed E-state index contributed by atoms with van der Waals surface area (Å²) in [6.07, 6.45) is 2.40. The summed E-state index contributed by atoms with van der Waals surface area (Å²) in [7, 11) is 1.24. The molecule has 0 aliphatic heterocycles. The normalized spacial score (nSPS) is 13.6. The number of rotatable bonds is 13. The van der Waals surface area contributed by atoms with Crippen LogP contribution in [0.2, 0.25) is 0 Å². The highest BCUT2D eigenvalue weighted by Crippen LogP contribution is 2.26. The average molecular weight is 520 g/mol. The second-order valence-corrected chi connectivity index (χ2v) is 10.4. The van der Waals surface area contributed by atoms with Gasteiger partial charge < -0.3 is 25.0 Å². The number of carbonyl (C=O) groups excluding carboxylic acids is 4. The van der Waals surface area contributed by atoms with E-state index in [2.05, 4.69) is 22.3 Å². The molecule has 3 amide bonds. The van der Waals surface area contributed by atoms with Crippen LogP contribution < -0.4 is 10.6 Å². The van der Waals surface area contributed by atoms with Gasteiger partial charge in [-0.1, -0.05) is 69.9 Å². The van der Waals surface area contributed by atoms with Crippen LogP contribution in [0.3, 0.4) is 0 Å². The first-order valence-electron chi connectivity index (χ1n) is 13.1. The van der Waals surface area contributed by atoms with Crippen molar-refractivity contribution in [3.8, 4) is 0 Å². The molecule has 3 unspecified atom stereocenters. The van der Waals surface area contributed by atoms with E-state index in [9.17, 15) is 19.2 Å². The predicted octanol–water partition coefficient (Wildman–Crippen LogP) is 4.28. The molecule has 3 atom stereocenters. The summed E-state index contributed by atoms with van der Waals surface area (Å²) in [5.41, 5.74) is 0.884. The molecule has 0 heterocycles. The minimum absolute atomic E-state index is 0.217. The van der Waals surface area contributed by atoms with Crippen molar-refractivity contribution in [1.29, 1.82) is 0 Å². The number of esters is 1. The minimum atomic E-state index is -0.999. The van der Waals surface area contributed by atoms with Crippen molar-refractivity contribution in [2.75, 3.05) is 20.2 Å². The van der Waals surface area contributed by atoms with Gasteiger partial charge in [-0.15, -0.1) is 0 Å². The zero-order valence-corrected chi connectivity index (χ0v) is 23.7. The van der Waals surface area contributed by atoms with Crippen LogP contribution in [0.5, 0.6) is 0 Å². The Hall–Kier alpha value is -3.10. The van der Waals surface area contributed by atoms with Crippen molar-refractivity contribution < 1.29 is 28.7 Å². The standard InChI is InChI=1S/C28H45N3O6/c1-9-11-12-17-31(26(34)23(20(4)10-2)30-27(35)37-28(5,6)7)24(21-15-13-19(3)14-16-21)25(33)29-18-22(32)36-8/h13-16,20,23-24H,9-12,17-18H2,1-8H3,(H,29,33)(H,30,35). The zero-order chi connectivity index (χ0) is 28.2. The number of carbonyl (C=O) groups is 4. The number of ether oxygens (including phenoxy) is 2. The Morgan fingerprint density at radius 2 is 1.65 bits per heavy atom. The third-order valence-corrected chi connectivity index (χ3v) is 6.02. The second kappa shape index (κ2) is 15.2. The number of nitrogens with zero attached hydrogens (tertiary/aromatic N) is 1. The summed E-state index contributed by atoms with van der Waals surface area (Å²) in [4.78, 5) is 53.5. The Morgan fingerprint density at radius 1 is 1.03 bits per heavy atom. The van der Waals surface area contributed by atoms with E-state index in [1.54, 1.807) is 32.9 Å². The van der Waals surface area contributed by atoms with Gasteiger partial charge in [0.2, 0.25) is 11.8 Å². The number of hydrogen-bond donors (Lipinski definition) is 2. The summed E-state index contributed by atoms with van der Waals surface area (Å²) < 4.78 is 10.1. The van der Waals surface area contributed by atoms with Gasteiger partial charge in [0.05, 0.1) is 7.11 Å². The second-order valence-electron chi connectivity index (χ2n) is 10.4. The molecular weight excluding hydrogens is 474 g/mol. The lowest BCUT2D eigenvalue weighted by molar-refractivity contribution is -0.145. The fourth-order valence-electron chi connectivity index (χ4n) is 3.74. The maximum Gasteiger partial charge on any atom is 0.408 e. The fraction of sp³-hybridized carbons (Fsp3) is 0.643. The van der Waals surface area contributed by atoms with E-state index in [1.165, 1.54) is 12.0 Å². The smallest absolute Gasteiger partial charge is 0.408 e. The van der Waals surface area contributed by atoms with Crippen LogP contribution in [0.15, 0.2) is 24.3 Å². The molecule has 1 aromatic carbocycles. The molecule has 9 heteroatoms. The van der Waals surface area contributed by atoms with Gasteiger partial charge in [-0.05, 0) is 45.6 Å². The van der Waals surface area contributed by atoms with Crippen molar-refractivity contribution in [3.05, 3.63) is 35.4 Å². The molecule has 0 aliphatic rings. The number of methoxy groups -OCH3 is 1. The van der Waals surface area contributed by atoms with Gasteiger partial charge in [0.15, 0.2) is 0 Å². The van der Waals surface area contributed by atoms with E-state index in [0.29, 0.717) is 24.9 Å². The monoisotopic (exact) mass is 519 g/mol. The summed E-state index contributed by atoms with van der Waals surface area (Å²) in [5.74, 6) is -1.69. The lowest BCUT2D eigenvalue weighted by Crippen LogP contribution is -2.55. The molecule has 0 radical (unpaired) electrons. The van der Waals surface area contributed by atoms with Gasteiger partial charge in [-0.25, -0.2) is 4.79 Å². The molecule has 0 aliphatic carbocycles. The minimum Gasteiger partial charge on any atom is -0.468 e. The predicted molar refractivity (Wildman–Crippen MR) is 143 cm³/mol. The SMILES string of the molecule is CCCCCN(C(=O)C(NC(=O)OC(C)(C)C)C(C)CC)C(C(=O)NCC(=O)OC)c1ccc(C)cc1. The number of amides is 3. The van der Waals surface area contributed by atoms with E-state index in [4.69, 9.17) is 4.74 Å². The first kappa shape index (κ1) is 31.9. The highest BCUT2D eigenvalue weighted by molar-refractivity contribution is 5.93. The molecule has 2 N–H and O–H groups in total. The Bertz CT molecular complexity index is 894. The van der Waals surface area contributed by atoms with Gasteiger partial charge in [0.1, 0.15) is 24.2 Å². The Morgan fingerprint density at radius 3 is 2.16 bits per heavy atom. The van der Waals surface area contributed by atoms with Crippen LogP contribution in [0.4, 0.5) is 4.79 Å². The maximum absolute atomic E-state index is 14.1. The number of benzene rings is 1. The molecule has 0 bridgehead atoms. The number of aryl methyl sites for hydroxylation is 1. The van der Waals surface area contributed by atoms with E-state index in [1.807, 2.05) is 32.9 Å². The molecule has 0 aromatic heterocycles. The molecular formula is C28H45N3O6. The highest BCUT2D eigenvalue weighted by atomic mass is 16.6. The van der Waals surface area contributed by atoms with Crippen LogP contribution in [0.25, 0.3) is 0 Å². The zero-order valence-electron chi connectivity index (χ0n) is 23.7. The van der Waals surface area contributed by atoms with Crippen LogP contribution in [-0.4, -0.2) is 60.6 Å². The van der Waals surface area contributed by atoms with Crippen molar-refractivity contribution in [2.45, 2.75) is 91.8 Å². The number of hydrogen-bond acceptors (Lipinski definition) is 6. The van der Waals surface area contributed by atoms with Crippen molar-refractivity contribution in [2.24, 2.45) is 5.92 Å². The lowest BCUT2D eigenvalue weighted by atomic mass is 9.95. The highest BCUT2D eigenvalue weighted by Gasteiger charge is 2.38. The number of alkyl carbamates (subject to hydrolysis) is 1. The van der Waals surface area contributed by atoms with Crippen molar-refractivity contribution >= 4 is 23.9 Å². The Labute approximate surface area is 221 Å². The van der Waals surface area contributed by atoms with Crippen LogP contribution in [0.1, 0.15) is 84.4 Å². The number of nitrogens with one attached hydrogen (secondary N) is 2. The molecule has 37 heavy (non-hydrogen) atoms. The van der Waals surface area contributed by atoms with Gasteiger partial charge in [-0.3, -0.25) is 14.4 Å². The lowest BCUT2D eigenvalue weighted by Gasteiger charge is -2.36. The summed E-state index contributed by atoms with van der Waals surface area (Å²) in [6.45, 7) is 13.0. The van der Waals surface area contributed by atoms with E-state index in [-0.39, 0.29) is 18.4 Å². The summed E-state index contributed by atoms with van der Waals surface area (Å²) in [6, 6.07) is 5.45. The van der Waals surface area contributed by atoms with Crippen molar-refractivity contribution in [3.63, 3.8) is 0 Å². The fourth-order valence-corrected chi connectivity index (χ4v) is 3.74. The van der Waals surface area contributed by atoms with Gasteiger partial charge in [-0.2, -0.15) is 0 Å². The topological polar surface area (TPSA) is 114 Å². The average Bonchev–Trinajstić information content (AvgIpc) is 2.84. The Balaban J connectivity index is 3.48. The number of unbranched alkanes of at least 4 members (excludes halogenated alkanes) is 2. The van der Waals surface area contributed by atoms with E-state index >= 15 is 0 Å². The molecule has 1 rings (SSSR count). The molecule has 0 saturated carbocycles. The summed E-state index contributed by atoms with van der Waals surface area (Å²) in [5, 5.41) is 5.36. The summed E-state index contributed by atoms with van der Waals surface area (Å²) >= 11 is 0. The van der Waals surface area contributed by atoms with Crippen LogP contribution >= 0.6 is 0 Å². The largest absolute Gasteiger partial charge is 0.468 e. The molecule has 0 fully saturated rings. The van der Waals surface area contributed by atoms with E-state index in [0.717, 1.165) is 18.4 Å². The van der Waals surface area contributed by atoms with Gasteiger partial charge >= 0.3 is 12.1 Å². The third kappa shape index (κ3) is 10.8. The molecule has 9 nitrogen and oxygen atoms in total. The first-order chi connectivity index (χ1) is 17.3. The molecule has 208 valence electrons. The third-order valence-electron chi connectivity index (χ3n) is 6.02. The molecule has 0 saturated heterocycles. The molecule has 1 aromatic rings. The van der Waals surface area contributed by atoms with Crippen LogP contribution in [0, 0.1) is 12.8 Å². The van der Waals surface area contributed by atoms with Gasteiger partial charge in [0, 0.05) is 6.54 Å². The maximum atomic E-state index is 14.1. The molecule has 0 spiro atoms. The van der Waals surface area contributed by atoms with Crippen LogP contribution in [-0.2, 0) is 23.9 Å².